The van der Waals surface area contributed by atoms with Crippen LogP contribution >= 0.6 is 11.3 Å². The second-order valence-electron chi connectivity index (χ2n) is 9.41. The third-order valence-electron chi connectivity index (χ3n) is 7.27. The Morgan fingerprint density at radius 1 is 1.11 bits per heavy atom. The zero-order valence-electron chi connectivity index (χ0n) is 19.7. The molecule has 2 aliphatic heterocycles. The van der Waals surface area contributed by atoms with Crippen LogP contribution in [0.5, 0.6) is 0 Å². The number of H-pyrrole nitrogens is 1. The van der Waals surface area contributed by atoms with Crippen molar-refractivity contribution >= 4 is 33.1 Å². The minimum atomic E-state index is -0.262. The van der Waals surface area contributed by atoms with Gasteiger partial charge in [-0.05, 0) is 60.9 Å². The van der Waals surface area contributed by atoms with Gasteiger partial charge in [-0.3, -0.25) is 14.9 Å². The molecule has 2 aliphatic rings. The van der Waals surface area contributed by atoms with Crippen molar-refractivity contribution in [2.75, 3.05) is 12.3 Å². The van der Waals surface area contributed by atoms with Crippen molar-refractivity contribution in [3.8, 4) is 21.8 Å². The number of aromatic amines is 1. The number of fused-ring (bicyclic) bond motifs is 4. The lowest BCUT2D eigenvalue weighted by Gasteiger charge is -2.16. The van der Waals surface area contributed by atoms with E-state index in [0.29, 0.717) is 30.0 Å². The maximum absolute atomic E-state index is 13.8. The monoisotopic (exact) mass is 511 g/mol. The minimum absolute atomic E-state index is 0.00871. The van der Waals surface area contributed by atoms with Crippen LogP contribution < -0.4 is 5.73 Å². The van der Waals surface area contributed by atoms with Gasteiger partial charge in [-0.2, -0.15) is 5.10 Å². The summed E-state index contributed by atoms with van der Waals surface area (Å²) in [6.45, 7) is 0.727. The van der Waals surface area contributed by atoms with Crippen LogP contribution in [0.2, 0.25) is 0 Å². The van der Waals surface area contributed by atoms with Crippen molar-refractivity contribution in [2.24, 2.45) is 0 Å². The summed E-state index contributed by atoms with van der Waals surface area (Å²) < 4.78 is 14.4. The lowest BCUT2D eigenvalue weighted by molar-refractivity contribution is 0.0776. The number of aryl methyl sites for hydroxylation is 2. The maximum Gasteiger partial charge on any atom is 0.257 e. The van der Waals surface area contributed by atoms with Gasteiger partial charge in [0.1, 0.15) is 18.0 Å². The van der Waals surface area contributed by atoms with Gasteiger partial charge in [-0.1, -0.05) is 12.1 Å². The summed E-state index contributed by atoms with van der Waals surface area (Å²) in [4.78, 5) is 30.5. The number of nitrogen functional groups attached to an aromatic ring is 1. The van der Waals surface area contributed by atoms with E-state index in [1.165, 1.54) is 29.8 Å². The molecule has 8 nitrogen and oxygen atoms in total. The number of nitrogens with one attached hydrogen (secondary N) is 1. The second kappa shape index (κ2) is 8.45. The molecule has 10 heteroatoms. The van der Waals surface area contributed by atoms with Gasteiger partial charge in [-0.15, -0.1) is 11.3 Å². The highest BCUT2D eigenvalue weighted by molar-refractivity contribution is 7.22. The normalized spacial score (nSPS) is 16.5. The zero-order valence-corrected chi connectivity index (χ0v) is 20.6. The first-order valence-electron chi connectivity index (χ1n) is 12.2. The van der Waals surface area contributed by atoms with Gasteiger partial charge in [-0.25, -0.2) is 14.4 Å². The molecule has 7 rings (SSSR count). The van der Waals surface area contributed by atoms with Crippen molar-refractivity contribution < 1.29 is 9.18 Å². The molecular formula is C27H22FN7OS. The first kappa shape index (κ1) is 22.1. The Kier molecular flexibility index (Phi) is 5.03. The van der Waals surface area contributed by atoms with Crippen LogP contribution in [0.4, 0.5) is 10.2 Å². The molecule has 4 aromatic heterocycles. The number of carbonyl (C=O) groups excluding carboxylic acids is 1. The standard InChI is InChI=1S/C27H22FN7OS/c28-16-6-3-14(4-7-16)5-8-17-20(26-31-13-32-34-26)21(19-12-15-9-10-30-25(29)24(15)37-19)22-23(33-17)18-2-1-11-35(18)27(22)36/h3-4,6-7,9-10,12-13,18H,1-2,5,8,11H2,(H2,29,30)(H,31,32,34). The van der Waals surface area contributed by atoms with E-state index in [2.05, 4.69) is 26.2 Å². The summed E-state index contributed by atoms with van der Waals surface area (Å²) >= 11 is 1.52. The molecule has 0 radical (unpaired) electrons. The van der Waals surface area contributed by atoms with E-state index in [0.717, 1.165) is 62.4 Å². The number of pyridine rings is 2. The van der Waals surface area contributed by atoms with Gasteiger partial charge < -0.3 is 10.6 Å². The molecule has 1 saturated heterocycles. The molecule has 0 bridgehead atoms. The molecule has 37 heavy (non-hydrogen) atoms. The molecule has 3 N–H and O–H groups in total. The number of carbonyl (C=O) groups is 1. The number of benzene rings is 1. The third-order valence-corrected chi connectivity index (χ3v) is 8.46. The van der Waals surface area contributed by atoms with Crippen molar-refractivity contribution in [1.82, 2.24) is 30.0 Å². The summed E-state index contributed by atoms with van der Waals surface area (Å²) in [5.41, 5.74) is 11.1. The molecule has 5 aromatic rings. The number of hydrogen-bond acceptors (Lipinski definition) is 7. The van der Waals surface area contributed by atoms with Crippen molar-refractivity contribution in [3.63, 3.8) is 0 Å². The molecule has 1 atom stereocenters. The number of rotatable bonds is 5. The molecule has 0 spiro atoms. The second-order valence-corrected chi connectivity index (χ2v) is 10.5. The summed E-state index contributed by atoms with van der Waals surface area (Å²) in [6, 6.07) is 10.5. The average molecular weight is 512 g/mol. The SMILES string of the molecule is Nc1nccc2cc(-c3c4c(nc(CCc5ccc(F)cc5)c3-c3ncn[nH]3)C3CCCN3C4=O)sc12. The molecule has 1 amide bonds. The number of aromatic nitrogens is 5. The van der Waals surface area contributed by atoms with Gasteiger partial charge in [0.05, 0.1) is 27.7 Å². The molecule has 6 heterocycles. The molecule has 1 unspecified atom stereocenters. The number of thiophene rings is 1. The number of hydrogen-bond donors (Lipinski definition) is 2. The summed E-state index contributed by atoms with van der Waals surface area (Å²) in [6.07, 6.45) is 6.27. The van der Waals surface area contributed by atoms with Gasteiger partial charge in [0, 0.05) is 28.7 Å². The van der Waals surface area contributed by atoms with Crippen LogP contribution in [0.25, 0.3) is 31.9 Å². The summed E-state index contributed by atoms with van der Waals surface area (Å²) in [7, 11) is 0. The summed E-state index contributed by atoms with van der Waals surface area (Å²) in [5, 5.41) is 8.08. The number of nitrogens with zero attached hydrogens (tertiary/aromatic N) is 5. The Bertz CT molecular complexity index is 1660. The summed E-state index contributed by atoms with van der Waals surface area (Å²) in [5.74, 6) is 0.767. The lowest BCUT2D eigenvalue weighted by atomic mass is 9.92. The van der Waals surface area contributed by atoms with Crippen molar-refractivity contribution in [2.45, 2.75) is 31.7 Å². The van der Waals surface area contributed by atoms with Crippen LogP contribution in [0, 0.1) is 5.82 Å². The Hall–Kier alpha value is -4.18. The molecule has 0 saturated carbocycles. The fraction of sp³-hybridized carbons (Fsp3) is 0.222. The van der Waals surface area contributed by atoms with E-state index in [1.807, 2.05) is 11.0 Å². The molecule has 0 aliphatic carbocycles. The van der Waals surface area contributed by atoms with Crippen molar-refractivity contribution in [3.05, 3.63) is 77.3 Å². The largest absolute Gasteiger partial charge is 0.383 e. The topological polar surface area (TPSA) is 114 Å². The van der Waals surface area contributed by atoms with E-state index in [-0.39, 0.29) is 17.8 Å². The van der Waals surface area contributed by atoms with Crippen LogP contribution in [-0.2, 0) is 12.8 Å². The highest BCUT2D eigenvalue weighted by atomic mass is 32.1. The molecule has 184 valence electrons. The number of anilines is 1. The Morgan fingerprint density at radius 3 is 2.76 bits per heavy atom. The van der Waals surface area contributed by atoms with Gasteiger partial charge in [0.2, 0.25) is 0 Å². The van der Waals surface area contributed by atoms with Crippen LogP contribution in [0.3, 0.4) is 0 Å². The van der Waals surface area contributed by atoms with Crippen LogP contribution in [-0.4, -0.2) is 42.5 Å². The fourth-order valence-electron chi connectivity index (χ4n) is 5.58. The first-order chi connectivity index (χ1) is 18.1. The number of halogens is 1. The molecule has 1 aromatic carbocycles. The predicted octanol–water partition coefficient (Wildman–Crippen LogP) is 4.94. The fourth-order valence-corrected chi connectivity index (χ4v) is 6.69. The van der Waals surface area contributed by atoms with Gasteiger partial charge >= 0.3 is 0 Å². The predicted molar refractivity (Wildman–Crippen MR) is 139 cm³/mol. The van der Waals surface area contributed by atoms with Gasteiger partial charge in [0.25, 0.3) is 5.91 Å². The third kappa shape index (κ3) is 3.51. The van der Waals surface area contributed by atoms with E-state index in [9.17, 15) is 9.18 Å². The van der Waals surface area contributed by atoms with Gasteiger partial charge in [0.15, 0.2) is 5.82 Å². The van der Waals surface area contributed by atoms with E-state index < -0.39 is 0 Å². The average Bonchev–Trinajstić information content (AvgIpc) is 3.70. The van der Waals surface area contributed by atoms with Crippen LogP contribution in [0.1, 0.15) is 46.2 Å². The van der Waals surface area contributed by atoms with Crippen LogP contribution in [0.15, 0.2) is 48.9 Å². The number of nitrogens with two attached hydrogens (primary N) is 1. The highest BCUT2D eigenvalue weighted by Crippen LogP contribution is 2.49. The molecular weight excluding hydrogens is 489 g/mol. The number of amides is 1. The highest BCUT2D eigenvalue weighted by Gasteiger charge is 2.44. The Morgan fingerprint density at radius 2 is 1.97 bits per heavy atom. The Balaban J connectivity index is 1.48. The van der Waals surface area contributed by atoms with E-state index >= 15 is 0 Å². The van der Waals surface area contributed by atoms with E-state index in [4.69, 9.17) is 10.7 Å². The lowest BCUT2D eigenvalue weighted by Crippen LogP contribution is -2.22. The quantitative estimate of drug-likeness (QED) is 0.346. The zero-order chi connectivity index (χ0) is 25.1. The smallest absolute Gasteiger partial charge is 0.257 e. The maximum atomic E-state index is 13.8. The first-order valence-corrected chi connectivity index (χ1v) is 13.0. The molecule has 1 fully saturated rings. The van der Waals surface area contributed by atoms with E-state index in [1.54, 1.807) is 18.3 Å². The Labute approximate surface area is 215 Å². The van der Waals surface area contributed by atoms with Crippen molar-refractivity contribution in [1.29, 1.82) is 0 Å². The minimum Gasteiger partial charge on any atom is -0.383 e.